The van der Waals surface area contributed by atoms with Crippen LogP contribution in [0.1, 0.15) is 41.3 Å². The van der Waals surface area contributed by atoms with Crippen molar-refractivity contribution in [1.82, 2.24) is 4.57 Å². The Morgan fingerprint density at radius 2 is 1.54 bits per heavy atom. The number of rotatable bonds is 8. The minimum Gasteiger partial charge on any atom is -0.372 e. The Balaban J connectivity index is 1.41. The summed E-state index contributed by atoms with van der Waals surface area (Å²) in [5.41, 5.74) is -1.46. The van der Waals surface area contributed by atoms with E-state index in [9.17, 15) is 45.5 Å². The van der Waals surface area contributed by atoms with Gasteiger partial charge in [-0.1, -0.05) is 53.4 Å². The number of nitrogens with zero attached hydrogens (tertiary/aromatic N) is 3. The van der Waals surface area contributed by atoms with Crippen LogP contribution in [0.3, 0.4) is 0 Å². The Morgan fingerprint density at radius 3 is 2.18 bits per heavy atom. The van der Waals surface area contributed by atoms with Crippen molar-refractivity contribution in [2.24, 2.45) is 5.92 Å². The number of anilines is 3. The zero-order chi connectivity index (χ0) is 36.1. The van der Waals surface area contributed by atoms with E-state index in [2.05, 4.69) is 10.2 Å². The summed E-state index contributed by atoms with van der Waals surface area (Å²) in [4.78, 5) is 57.2. The number of halogens is 6. The maximum atomic E-state index is 14.1. The second-order valence-electron chi connectivity index (χ2n) is 11.6. The number of para-hydroxylation sites is 1. The molecule has 16 heteroatoms. The first kappa shape index (κ1) is 35.3. The maximum absolute atomic E-state index is 14.1. The van der Waals surface area contributed by atoms with Gasteiger partial charge in [-0.15, -0.1) is 0 Å². The highest BCUT2D eigenvalue weighted by atomic mass is 32.2. The Hall–Kier alpha value is -4.57. The van der Waals surface area contributed by atoms with E-state index in [0.29, 0.717) is 23.5 Å². The van der Waals surface area contributed by atoms with Gasteiger partial charge in [-0.05, 0) is 61.9 Å². The summed E-state index contributed by atoms with van der Waals surface area (Å²) in [5, 5.41) is 1.20. The highest BCUT2D eigenvalue weighted by Gasteiger charge is 2.57. The second kappa shape index (κ2) is 13.3. The van der Waals surface area contributed by atoms with Gasteiger partial charge in [0.25, 0.3) is 0 Å². The molecule has 0 radical (unpaired) electrons. The number of thioether (sulfide) groups is 1. The van der Waals surface area contributed by atoms with Crippen molar-refractivity contribution >= 4 is 57.9 Å². The number of carbonyl (C=O) groups is 3. The molecule has 3 aromatic carbocycles. The molecule has 1 aromatic heterocycles. The van der Waals surface area contributed by atoms with Gasteiger partial charge in [0.1, 0.15) is 11.8 Å². The molecule has 2 aliphatic rings. The molecule has 4 aromatic rings. The molecular formula is C34H28F6N4O4S2. The maximum Gasteiger partial charge on any atom is 0.418 e. The predicted octanol–water partition coefficient (Wildman–Crippen LogP) is 7.23. The van der Waals surface area contributed by atoms with E-state index in [1.54, 1.807) is 12.1 Å². The molecule has 1 N–H and O–H groups in total. The molecule has 3 amide bonds. The first-order valence-electron chi connectivity index (χ1n) is 15.4. The number of thiazole rings is 1. The zero-order valence-corrected chi connectivity index (χ0v) is 28.0. The summed E-state index contributed by atoms with van der Waals surface area (Å²) in [7, 11) is 0. The van der Waals surface area contributed by atoms with Crippen LogP contribution < -0.4 is 20.0 Å². The van der Waals surface area contributed by atoms with Crippen LogP contribution >= 0.6 is 23.1 Å². The summed E-state index contributed by atoms with van der Waals surface area (Å²) >= 11 is 1.57. The Labute approximate surface area is 289 Å². The van der Waals surface area contributed by atoms with Crippen molar-refractivity contribution in [3.8, 4) is 0 Å². The lowest BCUT2D eigenvalue weighted by Gasteiger charge is -2.31. The van der Waals surface area contributed by atoms with Crippen LogP contribution in [-0.2, 0) is 33.3 Å². The van der Waals surface area contributed by atoms with Crippen molar-refractivity contribution in [3.63, 3.8) is 0 Å². The van der Waals surface area contributed by atoms with Crippen molar-refractivity contribution in [2.75, 3.05) is 28.2 Å². The molecule has 2 aliphatic heterocycles. The highest BCUT2D eigenvalue weighted by molar-refractivity contribution is 8.00. The van der Waals surface area contributed by atoms with Gasteiger partial charge in [0, 0.05) is 29.6 Å². The fourth-order valence-corrected chi connectivity index (χ4v) is 9.12. The van der Waals surface area contributed by atoms with Crippen LogP contribution in [0.15, 0.2) is 82.6 Å². The second-order valence-corrected chi connectivity index (χ2v) is 13.7. The largest absolute Gasteiger partial charge is 0.418 e. The Kier molecular flexibility index (Phi) is 9.37. The lowest BCUT2D eigenvalue weighted by molar-refractivity contribution is -0.138. The van der Waals surface area contributed by atoms with Gasteiger partial charge in [-0.2, -0.15) is 26.3 Å². The molecule has 50 heavy (non-hydrogen) atoms. The number of alkyl halides is 6. The molecule has 0 unspecified atom stereocenters. The van der Waals surface area contributed by atoms with E-state index in [0.717, 1.165) is 68.6 Å². The van der Waals surface area contributed by atoms with Crippen molar-refractivity contribution in [1.29, 1.82) is 0 Å². The zero-order valence-electron chi connectivity index (χ0n) is 26.3. The van der Waals surface area contributed by atoms with E-state index in [-0.39, 0.29) is 10.7 Å². The van der Waals surface area contributed by atoms with Gasteiger partial charge in [0.15, 0.2) is 0 Å². The van der Waals surface area contributed by atoms with E-state index < -0.39 is 75.4 Å². The number of aromatic nitrogens is 1. The number of carbonyl (C=O) groups excluding carboxylic acids is 3. The SMILES string of the molecule is CCN(CC)c1ccc([C@@H]2c3sc(=O)n(CC(=O)Nc4ccccc4C(F)(F)F)c3S[C@H]3C(=O)N(c4cccc(C(F)(F)F)c4)C(=O)[C@@H]23)cc1. The lowest BCUT2D eigenvalue weighted by atomic mass is 9.83. The third-order valence-corrected chi connectivity index (χ3v) is 11.3. The summed E-state index contributed by atoms with van der Waals surface area (Å²) < 4.78 is 82.6. The van der Waals surface area contributed by atoms with E-state index in [1.807, 2.05) is 26.0 Å². The van der Waals surface area contributed by atoms with Crippen LogP contribution in [-0.4, -0.2) is 40.6 Å². The number of nitrogens with one attached hydrogen (secondary N) is 1. The lowest BCUT2D eigenvalue weighted by Crippen LogP contribution is -2.33. The van der Waals surface area contributed by atoms with Gasteiger partial charge in [-0.3, -0.25) is 23.7 Å². The number of imide groups is 1. The van der Waals surface area contributed by atoms with Crippen LogP contribution in [0.2, 0.25) is 0 Å². The quantitative estimate of drug-likeness (QED) is 0.152. The monoisotopic (exact) mass is 734 g/mol. The number of benzene rings is 3. The Morgan fingerprint density at radius 1 is 0.860 bits per heavy atom. The van der Waals surface area contributed by atoms with Gasteiger partial charge in [0.05, 0.1) is 33.4 Å². The molecule has 6 rings (SSSR count). The summed E-state index contributed by atoms with van der Waals surface area (Å²) in [6, 6.07) is 15.4. The van der Waals surface area contributed by atoms with Gasteiger partial charge in [0.2, 0.25) is 17.7 Å². The molecule has 1 saturated heterocycles. The normalized spacial score (nSPS) is 19.0. The summed E-state index contributed by atoms with van der Waals surface area (Å²) in [6.45, 7) is 4.69. The molecule has 0 bridgehead atoms. The average Bonchev–Trinajstić information content (AvgIpc) is 3.51. The highest BCUT2D eigenvalue weighted by Crippen LogP contribution is 2.54. The minimum atomic E-state index is -4.76. The first-order valence-corrected chi connectivity index (χ1v) is 17.1. The van der Waals surface area contributed by atoms with E-state index in [1.165, 1.54) is 18.2 Å². The van der Waals surface area contributed by atoms with Crippen LogP contribution in [0, 0.1) is 5.92 Å². The molecule has 3 atom stereocenters. The third kappa shape index (κ3) is 6.41. The van der Waals surface area contributed by atoms with Crippen molar-refractivity contribution in [2.45, 2.75) is 48.9 Å². The minimum absolute atomic E-state index is 0.172. The van der Waals surface area contributed by atoms with Gasteiger partial charge < -0.3 is 10.2 Å². The van der Waals surface area contributed by atoms with Gasteiger partial charge in [-0.25, -0.2) is 4.90 Å². The van der Waals surface area contributed by atoms with E-state index >= 15 is 0 Å². The molecule has 8 nitrogen and oxygen atoms in total. The topological polar surface area (TPSA) is 91.7 Å². The van der Waals surface area contributed by atoms with Crippen LogP contribution in [0.25, 0.3) is 0 Å². The molecule has 0 saturated carbocycles. The average molecular weight is 735 g/mol. The Bertz CT molecular complexity index is 2020. The number of hydrogen-bond acceptors (Lipinski definition) is 7. The summed E-state index contributed by atoms with van der Waals surface area (Å²) in [5.74, 6) is -4.50. The van der Waals surface area contributed by atoms with Gasteiger partial charge >= 0.3 is 17.2 Å². The smallest absolute Gasteiger partial charge is 0.372 e. The molecule has 3 heterocycles. The predicted molar refractivity (Wildman–Crippen MR) is 178 cm³/mol. The standard InChI is InChI=1S/C34H28F6N4O4S2/c1-3-42(4-2)20-14-12-18(13-15-20)25-26-27(30(47)44(29(26)46)21-9-7-8-19(16-21)33(35,36)37)49-31-28(25)50-32(48)43(31)17-24(45)41-23-11-6-5-10-22(23)34(38,39)40/h5-16,25-27H,3-4,17H2,1-2H3,(H,41,45)/t25-,26-,27+/m0/s1. The van der Waals surface area contributed by atoms with E-state index in [4.69, 9.17) is 0 Å². The molecule has 262 valence electrons. The third-order valence-electron chi connectivity index (χ3n) is 8.67. The molecule has 0 spiro atoms. The molecule has 0 aliphatic carbocycles. The summed E-state index contributed by atoms with van der Waals surface area (Å²) in [6.07, 6.45) is -9.50. The fraction of sp³-hybridized carbons (Fsp3) is 0.294. The molecular weight excluding hydrogens is 707 g/mol. The number of fused-ring (bicyclic) bond motifs is 2. The first-order chi connectivity index (χ1) is 23.6. The molecule has 1 fully saturated rings. The number of hydrogen-bond donors (Lipinski definition) is 1. The fourth-order valence-electron chi connectivity index (χ4n) is 6.34. The van der Waals surface area contributed by atoms with Crippen LogP contribution in [0.4, 0.5) is 43.4 Å². The van der Waals surface area contributed by atoms with Crippen molar-refractivity contribution in [3.05, 3.63) is 104 Å². The number of amides is 3. The van der Waals surface area contributed by atoms with Crippen LogP contribution in [0.5, 0.6) is 0 Å². The van der Waals surface area contributed by atoms with Crippen molar-refractivity contribution < 1.29 is 40.7 Å².